The van der Waals surface area contributed by atoms with Crippen molar-refractivity contribution in [3.05, 3.63) is 215 Å². The number of benzene rings is 6. The molecule has 1 saturated heterocycles. The van der Waals surface area contributed by atoms with Crippen LogP contribution in [0.3, 0.4) is 0 Å². The molecule has 0 saturated carbocycles. The smallest absolute Gasteiger partial charge is 0.408 e. The molecule has 4 N–H and O–H groups in total. The summed E-state index contributed by atoms with van der Waals surface area (Å²) in [7, 11) is 0. The maximum Gasteiger partial charge on any atom is 0.408 e. The molecule has 0 radical (unpaired) electrons. The van der Waals surface area contributed by atoms with Crippen molar-refractivity contribution < 1.29 is 52.7 Å². The van der Waals surface area contributed by atoms with Gasteiger partial charge in [0.05, 0.1) is 32.0 Å². The number of hydrogen-bond donors (Lipinski definition) is 4. The SMILES string of the molecule is CC(C)(C)OC(=O)N[C@@H](Cc1cccc(C(=O)OCc2ccccc2)c1)C(=O)N[C@@H](Cc1ccccc1)C(=O)N[C@@H]1[C@@H](OCc2ccccc2)[C@H](OCc2ccccc2)[C@@H](COCc2ccccc2)O[C@H]1O. The minimum atomic E-state index is -1.61. The van der Waals surface area contributed by atoms with Gasteiger partial charge in [-0.25, -0.2) is 9.59 Å². The van der Waals surface area contributed by atoms with Crippen LogP contribution in [0.2, 0.25) is 0 Å². The van der Waals surface area contributed by atoms with Gasteiger partial charge in [0.15, 0.2) is 6.29 Å². The second kappa shape index (κ2) is 26.3. The second-order valence-corrected chi connectivity index (χ2v) is 18.5. The highest BCUT2D eigenvalue weighted by molar-refractivity contribution is 5.92. The minimum absolute atomic E-state index is 0.0173. The fourth-order valence-electron chi connectivity index (χ4n) is 8.13. The third-order valence-corrected chi connectivity index (χ3v) is 11.7. The van der Waals surface area contributed by atoms with Crippen molar-refractivity contribution >= 4 is 23.9 Å². The molecule has 0 aromatic heterocycles. The van der Waals surface area contributed by atoms with E-state index in [-0.39, 0.29) is 51.4 Å². The van der Waals surface area contributed by atoms with Gasteiger partial charge in [-0.15, -0.1) is 0 Å². The van der Waals surface area contributed by atoms with Gasteiger partial charge in [0.1, 0.15) is 48.6 Å². The molecule has 3 amide bonds. The van der Waals surface area contributed by atoms with E-state index in [0.717, 1.165) is 22.3 Å². The van der Waals surface area contributed by atoms with Crippen LogP contribution in [-0.2, 0) is 77.3 Å². The molecule has 376 valence electrons. The number of alkyl carbamates (subject to hydrolysis) is 1. The zero-order valence-corrected chi connectivity index (χ0v) is 40.8. The molecule has 14 nitrogen and oxygen atoms in total. The Morgan fingerprint density at radius 1 is 0.556 bits per heavy atom. The highest BCUT2D eigenvalue weighted by atomic mass is 16.7. The van der Waals surface area contributed by atoms with E-state index in [0.29, 0.717) is 11.1 Å². The lowest BCUT2D eigenvalue weighted by atomic mass is 9.95. The van der Waals surface area contributed by atoms with Gasteiger partial charge >= 0.3 is 12.1 Å². The van der Waals surface area contributed by atoms with E-state index in [1.807, 2.05) is 152 Å². The van der Waals surface area contributed by atoms with Gasteiger partial charge in [-0.1, -0.05) is 164 Å². The van der Waals surface area contributed by atoms with E-state index in [1.165, 1.54) is 0 Å². The summed E-state index contributed by atoms with van der Waals surface area (Å²) in [6.07, 6.45) is -5.28. The quantitative estimate of drug-likeness (QED) is 0.0488. The monoisotopic (exact) mass is 977 g/mol. The van der Waals surface area contributed by atoms with Crippen LogP contribution >= 0.6 is 0 Å². The molecule has 7 atom stereocenters. The topological polar surface area (TPSA) is 180 Å². The van der Waals surface area contributed by atoms with Crippen molar-refractivity contribution in [2.24, 2.45) is 0 Å². The van der Waals surface area contributed by atoms with Crippen molar-refractivity contribution in [2.75, 3.05) is 6.61 Å². The molecule has 1 fully saturated rings. The van der Waals surface area contributed by atoms with Crippen LogP contribution in [0.5, 0.6) is 0 Å². The summed E-state index contributed by atoms with van der Waals surface area (Å²) in [5, 5.41) is 20.5. The molecule has 1 aliphatic rings. The fraction of sp³-hybridized carbons (Fsp3) is 0.310. The number of esters is 1. The van der Waals surface area contributed by atoms with Crippen LogP contribution in [-0.4, -0.2) is 83.9 Å². The van der Waals surface area contributed by atoms with Crippen molar-refractivity contribution in [1.29, 1.82) is 0 Å². The van der Waals surface area contributed by atoms with E-state index >= 15 is 0 Å². The summed E-state index contributed by atoms with van der Waals surface area (Å²) in [5.41, 5.74) is 4.07. The van der Waals surface area contributed by atoms with E-state index < -0.39 is 72.2 Å². The van der Waals surface area contributed by atoms with Crippen molar-refractivity contribution in [2.45, 2.75) is 108 Å². The summed E-state index contributed by atoms with van der Waals surface area (Å²) >= 11 is 0. The van der Waals surface area contributed by atoms with Gasteiger partial charge in [-0.2, -0.15) is 0 Å². The molecule has 0 aliphatic carbocycles. The number of nitrogens with one attached hydrogen (secondary N) is 3. The standard InChI is InChI=1S/C58H63N3O11/c1-58(2,3)72-57(66)60-48(34-45-30-19-31-46(32-45)55(64)70-38-44-28-17-8-18-29-44)53(62)59-47(33-40-20-9-4-10-21-40)54(63)61-50-52(69-37-43-26-15-7-16-27-43)51(68-36-42-24-13-6-14-25-42)49(71-56(50)65)39-67-35-41-22-11-5-12-23-41/h4-32,47-52,56,65H,33-39H2,1-3H3,(H,59,62)(H,60,66)(H,61,63)/t47-,48-,49+,50+,51+,52+,56+/m0/s1. The maximum absolute atomic E-state index is 14.9. The summed E-state index contributed by atoms with van der Waals surface area (Å²) < 4.78 is 36.9. The molecule has 6 aromatic rings. The summed E-state index contributed by atoms with van der Waals surface area (Å²) in [4.78, 5) is 56.1. The molecule has 0 bridgehead atoms. The van der Waals surface area contributed by atoms with Crippen LogP contribution in [0.4, 0.5) is 4.79 Å². The number of carbonyl (C=O) groups is 4. The van der Waals surface area contributed by atoms with Gasteiger partial charge in [-0.3, -0.25) is 9.59 Å². The summed E-state index contributed by atoms with van der Waals surface area (Å²) in [6, 6.07) is 49.9. The first kappa shape index (κ1) is 52.6. The summed E-state index contributed by atoms with van der Waals surface area (Å²) in [5.74, 6) is -1.96. The number of hydrogen-bond acceptors (Lipinski definition) is 11. The largest absolute Gasteiger partial charge is 0.457 e. The Bertz CT molecular complexity index is 2620. The van der Waals surface area contributed by atoms with Gasteiger partial charge < -0.3 is 49.5 Å². The Balaban J connectivity index is 1.15. The van der Waals surface area contributed by atoms with E-state index in [9.17, 15) is 24.3 Å². The van der Waals surface area contributed by atoms with E-state index in [2.05, 4.69) is 16.0 Å². The molecule has 0 spiro atoms. The van der Waals surface area contributed by atoms with Crippen LogP contribution in [0.15, 0.2) is 176 Å². The normalized spacial score (nSPS) is 18.5. The van der Waals surface area contributed by atoms with Crippen molar-refractivity contribution in [3.8, 4) is 0 Å². The highest BCUT2D eigenvalue weighted by Gasteiger charge is 2.48. The fourth-order valence-corrected chi connectivity index (χ4v) is 8.13. The molecule has 1 heterocycles. The maximum atomic E-state index is 14.9. The molecular formula is C58H63N3O11. The Hall–Kier alpha value is -7.20. The van der Waals surface area contributed by atoms with E-state index in [4.69, 9.17) is 28.4 Å². The van der Waals surface area contributed by atoms with Gasteiger partial charge in [-0.05, 0) is 66.3 Å². The zero-order valence-electron chi connectivity index (χ0n) is 40.8. The first-order valence-electron chi connectivity index (χ1n) is 24.1. The van der Waals surface area contributed by atoms with Crippen molar-refractivity contribution in [1.82, 2.24) is 16.0 Å². The molecular weight excluding hydrogens is 915 g/mol. The number of amides is 3. The van der Waals surface area contributed by atoms with Crippen LogP contribution in [0, 0.1) is 0 Å². The van der Waals surface area contributed by atoms with Gasteiger partial charge in [0, 0.05) is 12.8 Å². The summed E-state index contributed by atoms with van der Waals surface area (Å²) in [6.45, 7) is 5.71. The first-order chi connectivity index (χ1) is 34.9. The number of rotatable bonds is 22. The van der Waals surface area contributed by atoms with Crippen LogP contribution in [0.1, 0.15) is 64.5 Å². The van der Waals surface area contributed by atoms with Crippen LogP contribution in [0.25, 0.3) is 0 Å². The Morgan fingerprint density at radius 3 is 1.58 bits per heavy atom. The van der Waals surface area contributed by atoms with Gasteiger partial charge in [0.25, 0.3) is 0 Å². The molecule has 14 heteroatoms. The average Bonchev–Trinajstić information content (AvgIpc) is 3.38. The molecule has 72 heavy (non-hydrogen) atoms. The number of carbonyl (C=O) groups excluding carboxylic acids is 4. The Labute approximate surface area is 421 Å². The second-order valence-electron chi connectivity index (χ2n) is 18.5. The third kappa shape index (κ3) is 16.4. The Morgan fingerprint density at radius 2 is 1.03 bits per heavy atom. The predicted octanol–water partition coefficient (Wildman–Crippen LogP) is 7.80. The number of ether oxygens (including phenoxy) is 6. The van der Waals surface area contributed by atoms with Gasteiger partial charge in [0.2, 0.25) is 11.8 Å². The lowest BCUT2D eigenvalue weighted by Crippen LogP contribution is -2.67. The van der Waals surface area contributed by atoms with E-state index in [1.54, 1.807) is 45.0 Å². The third-order valence-electron chi connectivity index (χ3n) is 11.7. The molecule has 7 rings (SSSR count). The molecule has 0 unspecified atom stereocenters. The van der Waals surface area contributed by atoms with Crippen LogP contribution < -0.4 is 16.0 Å². The molecule has 1 aliphatic heterocycles. The van der Waals surface area contributed by atoms with Crippen molar-refractivity contribution in [3.63, 3.8) is 0 Å². The molecule has 6 aromatic carbocycles. The Kier molecular flexibility index (Phi) is 19.2. The average molecular weight is 978 g/mol. The lowest BCUT2D eigenvalue weighted by Gasteiger charge is -2.45. The number of aliphatic hydroxyl groups is 1. The lowest BCUT2D eigenvalue weighted by molar-refractivity contribution is -0.278. The zero-order chi connectivity index (χ0) is 50.7. The minimum Gasteiger partial charge on any atom is -0.457 e. The first-order valence-corrected chi connectivity index (χ1v) is 24.1. The highest BCUT2D eigenvalue weighted by Crippen LogP contribution is 2.28. The predicted molar refractivity (Wildman–Crippen MR) is 270 cm³/mol. The number of aliphatic hydroxyl groups excluding tert-OH is 1.